The Balaban J connectivity index is 1.65. The van der Waals surface area contributed by atoms with E-state index < -0.39 is 11.9 Å². The molecule has 194 valence electrons. The van der Waals surface area contributed by atoms with E-state index in [0.717, 1.165) is 12.2 Å². The average molecular weight is 503 g/mol. The Morgan fingerprint density at radius 2 is 1.22 bits per heavy atom. The van der Waals surface area contributed by atoms with Crippen molar-refractivity contribution in [2.24, 2.45) is 0 Å². The van der Waals surface area contributed by atoms with Crippen LogP contribution in [0.15, 0.2) is 48.6 Å². The van der Waals surface area contributed by atoms with Gasteiger partial charge in [-0.15, -0.1) is 0 Å². The monoisotopic (exact) mass is 502 g/mol. The number of ether oxygens (including phenoxy) is 5. The van der Waals surface area contributed by atoms with Crippen LogP contribution in [0, 0.1) is 0 Å². The van der Waals surface area contributed by atoms with Crippen LogP contribution in [0.4, 0.5) is 0 Å². The minimum atomic E-state index is -1.05. The van der Waals surface area contributed by atoms with Crippen LogP contribution in [0.1, 0.15) is 16.7 Å². The van der Waals surface area contributed by atoms with Crippen LogP contribution in [0.2, 0.25) is 0 Å². The highest BCUT2D eigenvalue weighted by Crippen LogP contribution is 2.28. The molecule has 0 unspecified atom stereocenters. The standard InChI is InChI=1S/C26H30O10/c1-32-22-7-3-20(5-9-26(30)31)17-24(22)36-15-13-34-11-10-33-12-14-35-23-16-19(4-8-25(28)29)2-6-21(23)18-27/h2-9,16-17,27H,10-15,18H2,1H3,(H,28,29)(H,30,31)/b8-4+,9-5+. The number of hydrogen-bond donors (Lipinski definition) is 3. The predicted octanol–water partition coefficient (Wildman–Crippen LogP) is 2.87. The number of benzene rings is 2. The number of aliphatic hydroxyl groups excluding tert-OH is 1. The van der Waals surface area contributed by atoms with Gasteiger partial charge in [0.05, 0.1) is 40.1 Å². The molecule has 0 saturated carbocycles. The molecule has 0 aliphatic rings. The number of rotatable bonds is 17. The number of aliphatic carboxylic acids is 2. The summed E-state index contributed by atoms with van der Waals surface area (Å²) in [6.07, 6.45) is 4.97. The van der Waals surface area contributed by atoms with Crippen LogP contribution in [0.5, 0.6) is 17.2 Å². The summed E-state index contributed by atoms with van der Waals surface area (Å²) < 4.78 is 27.6. The maximum Gasteiger partial charge on any atom is 0.328 e. The molecule has 10 nitrogen and oxygen atoms in total. The molecule has 2 rings (SSSR count). The van der Waals surface area contributed by atoms with Gasteiger partial charge in [-0.25, -0.2) is 9.59 Å². The van der Waals surface area contributed by atoms with Crippen LogP contribution < -0.4 is 14.2 Å². The largest absolute Gasteiger partial charge is 0.493 e. The molecule has 36 heavy (non-hydrogen) atoms. The van der Waals surface area contributed by atoms with Gasteiger partial charge in [0, 0.05) is 17.7 Å². The first-order valence-electron chi connectivity index (χ1n) is 11.1. The zero-order valence-electron chi connectivity index (χ0n) is 19.9. The number of methoxy groups -OCH3 is 1. The molecule has 0 aromatic heterocycles. The molecule has 3 N–H and O–H groups in total. The van der Waals surface area contributed by atoms with Crippen molar-refractivity contribution in [2.75, 3.05) is 46.8 Å². The highest BCUT2D eigenvalue weighted by Gasteiger charge is 2.06. The second kappa shape index (κ2) is 15.9. The lowest BCUT2D eigenvalue weighted by molar-refractivity contribution is -0.132. The molecule has 10 heteroatoms. The van der Waals surface area contributed by atoms with Crippen molar-refractivity contribution in [3.05, 3.63) is 65.2 Å². The number of hydrogen-bond acceptors (Lipinski definition) is 8. The molecule has 0 amide bonds. The van der Waals surface area contributed by atoms with Crippen LogP contribution in [-0.4, -0.2) is 74.0 Å². The molecule has 0 aliphatic carbocycles. The first-order valence-corrected chi connectivity index (χ1v) is 11.1. The number of carbonyl (C=O) groups is 2. The zero-order chi connectivity index (χ0) is 26.2. The Bertz CT molecular complexity index is 962. The fraction of sp³-hybridized carbons (Fsp3) is 0.308. The third-order valence-electron chi connectivity index (χ3n) is 4.63. The minimum Gasteiger partial charge on any atom is -0.493 e. The second-order valence-corrected chi connectivity index (χ2v) is 7.20. The van der Waals surface area contributed by atoms with Crippen molar-refractivity contribution in [3.8, 4) is 17.2 Å². The van der Waals surface area contributed by atoms with Gasteiger partial charge in [-0.2, -0.15) is 0 Å². The van der Waals surface area contributed by atoms with Crippen molar-refractivity contribution in [1.29, 1.82) is 0 Å². The lowest BCUT2D eigenvalue weighted by Crippen LogP contribution is -2.14. The third-order valence-corrected chi connectivity index (χ3v) is 4.63. The third kappa shape index (κ3) is 10.6. The van der Waals surface area contributed by atoms with E-state index in [9.17, 15) is 14.7 Å². The number of carboxylic acid groups (broad SMARTS) is 2. The maximum absolute atomic E-state index is 10.7. The molecule has 0 atom stereocenters. The van der Waals surface area contributed by atoms with Gasteiger partial charge in [0.15, 0.2) is 11.5 Å². The Kier molecular flexibility index (Phi) is 12.6. The first-order chi connectivity index (χ1) is 17.4. The molecular weight excluding hydrogens is 472 g/mol. The molecule has 0 aliphatic heterocycles. The zero-order valence-corrected chi connectivity index (χ0v) is 19.9. The van der Waals surface area contributed by atoms with E-state index in [4.69, 9.17) is 33.9 Å². The van der Waals surface area contributed by atoms with E-state index >= 15 is 0 Å². The van der Waals surface area contributed by atoms with Crippen molar-refractivity contribution in [1.82, 2.24) is 0 Å². The van der Waals surface area contributed by atoms with Crippen molar-refractivity contribution in [3.63, 3.8) is 0 Å². The molecule has 0 heterocycles. The Hall–Kier alpha value is -3.86. The Labute approximate surface area is 208 Å². The van der Waals surface area contributed by atoms with E-state index in [-0.39, 0.29) is 19.8 Å². The number of aliphatic hydroxyl groups is 1. The highest BCUT2D eigenvalue weighted by molar-refractivity contribution is 5.85. The maximum atomic E-state index is 10.7. The van der Waals surface area contributed by atoms with Gasteiger partial charge in [0.2, 0.25) is 0 Å². The summed E-state index contributed by atoms with van der Waals surface area (Å²) in [5.74, 6) is -0.624. The van der Waals surface area contributed by atoms with E-state index in [1.165, 1.54) is 19.3 Å². The molecule has 0 saturated heterocycles. The topological polar surface area (TPSA) is 141 Å². The summed E-state index contributed by atoms with van der Waals surface area (Å²) in [6.45, 7) is 1.61. The van der Waals surface area contributed by atoms with E-state index in [0.29, 0.717) is 60.4 Å². The molecule has 0 radical (unpaired) electrons. The molecular formula is C26H30O10. The predicted molar refractivity (Wildman–Crippen MR) is 131 cm³/mol. The van der Waals surface area contributed by atoms with Gasteiger partial charge in [-0.1, -0.05) is 18.2 Å². The Morgan fingerprint density at radius 3 is 1.75 bits per heavy atom. The molecule has 0 fully saturated rings. The van der Waals surface area contributed by atoms with Gasteiger partial charge in [-0.3, -0.25) is 0 Å². The van der Waals surface area contributed by atoms with Crippen molar-refractivity contribution >= 4 is 24.1 Å². The average Bonchev–Trinajstić information content (AvgIpc) is 2.87. The fourth-order valence-corrected chi connectivity index (χ4v) is 2.93. The van der Waals surface area contributed by atoms with E-state index in [1.54, 1.807) is 36.4 Å². The van der Waals surface area contributed by atoms with Crippen LogP contribution in [0.3, 0.4) is 0 Å². The van der Waals surface area contributed by atoms with Gasteiger partial charge < -0.3 is 39.0 Å². The van der Waals surface area contributed by atoms with Gasteiger partial charge in [0.1, 0.15) is 19.0 Å². The summed E-state index contributed by atoms with van der Waals surface area (Å²) >= 11 is 0. The van der Waals surface area contributed by atoms with Crippen LogP contribution in [0.25, 0.3) is 12.2 Å². The SMILES string of the molecule is COc1ccc(/C=C/C(=O)O)cc1OCCOCCOCCOc1cc(/C=C/C(=O)O)ccc1CO. The lowest BCUT2D eigenvalue weighted by atomic mass is 10.1. The Morgan fingerprint density at radius 1 is 0.722 bits per heavy atom. The summed E-state index contributed by atoms with van der Waals surface area (Å²) in [4.78, 5) is 21.3. The van der Waals surface area contributed by atoms with Crippen LogP contribution in [-0.2, 0) is 25.7 Å². The molecule has 0 bridgehead atoms. The summed E-state index contributed by atoms with van der Waals surface area (Å²) in [6, 6.07) is 10.1. The summed E-state index contributed by atoms with van der Waals surface area (Å²) in [7, 11) is 1.52. The molecule has 0 spiro atoms. The smallest absolute Gasteiger partial charge is 0.328 e. The van der Waals surface area contributed by atoms with Crippen molar-refractivity contribution in [2.45, 2.75) is 6.61 Å². The highest BCUT2D eigenvalue weighted by atomic mass is 16.6. The molecule has 2 aromatic rings. The minimum absolute atomic E-state index is 0.204. The lowest BCUT2D eigenvalue weighted by Gasteiger charge is -2.12. The fourth-order valence-electron chi connectivity index (χ4n) is 2.93. The summed E-state index contributed by atoms with van der Waals surface area (Å²) in [5, 5.41) is 26.9. The van der Waals surface area contributed by atoms with Gasteiger partial charge in [0.25, 0.3) is 0 Å². The van der Waals surface area contributed by atoms with E-state index in [1.807, 2.05) is 0 Å². The first kappa shape index (κ1) is 28.4. The van der Waals surface area contributed by atoms with Gasteiger partial charge in [-0.05, 0) is 41.5 Å². The molecule has 2 aromatic carbocycles. The quantitative estimate of drug-likeness (QED) is 0.218. The summed E-state index contributed by atoms with van der Waals surface area (Å²) in [5.41, 5.74) is 1.90. The number of carboxylic acids is 2. The van der Waals surface area contributed by atoms with E-state index in [2.05, 4.69) is 0 Å². The van der Waals surface area contributed by atoms with Crippen LogP contribution >= 0.6 is 0 Å². The normalized spacial score (nSPS) is 11.2. The second-order valence-electron chi connectivity index (χ2n) is 7.20. The van der Waals surface area contributed by atoms with Gasteiger partial charge >= 0.3 is 11.9 Å². The van der Waals surface area contributed by atoms with Crippen molar-refractivity contribution < 1.29 is 48.6 Å².